The van der Waals surface area contributed by atoms with E-state index < -0.39 is 0 Å². The Bertz CT molecular complexity index is 452. The number of hydrogen-bond donors (Lipinski definition) is 2. The lowest BCUT2D eigenvalue weighted by Crippen LogP contribution is -2.39. The summed E-state index contributed by atoms with van der Waals surface area (Å²) < 4.78 is 1.82. The molecule has 6 heteroatoms. The van der Waals surface area contributed by atoms with Crippen molar-refractivity contribution in [2.45, 2.75) is 51.6 Å². The van der Waals surface area contributed by atoms with Gasteiger partial charge in [-0.2, -0.15) is 5.10 Å². The standard InChI is InChI=1S/C14H24N4O.ClH/c1-14(2,3)18-9-11(8-16-18)13(19)17-12-6-4-5-10(12)7-15;/h8-10,12H,4-7,15H2,1-3H3,(H,17,19);1H. The summed E-state index contributed by atoms with van der Waals surface area (Å²) >= 11 is 0. The van der Waals surface area contributed by atoms with E-state index in [-0.39, 0.29) is 29.9 Å². The molecule has 1 heterocycles. The van der Waals surface area contributed by atoms with Crippen LogP contribution in [0.5, 0.6) is 0 Å². The molecule has 3 N–H and O–H groups in total. The summed E-state index contributed by atoms with van der Waals surface area (Å²) in [5.74, 6) is 0.377. The van der Waals surface area contributed by atoms with E-state index in [9.17, 15) is 4.79 Å². The molecule has 0 aliphatic heterocycles. The highest BCUT2D eigenvalue weighted by Gasteiger charge is 2.28. The lowest BCUT2D eigenvalue weighted by atomic mass is 10.0. The lowest BCUT2D eigenvalue weighted by molar-refractivity contribution is 0.0928. The Morgan fingerprint density at radius 2 is 2.20 bits per heavy atom. The van der Waals surface area contributed by atoms with Crippen molar-refractivity contribution in [2.24, 2.45) is 11.7 Å². The third kappa shape index (κ3) is 3.73. The van der Waals surface area contributed by atoms with Gasteiger partial charge in [0.2, 0.25) is 0 Å². The third-order valence-electron chi connectivity index (χ3n) is 3.81. The predicted octanol–water partition coefficient (Wildman–Crippen LogP) is 1.92. The number of amides is 1. The van der Waals surface area contributed by atoms with E-state index in [4.69, 9.17) is 5.73 Å². The number of carbonyl (C=O) groups excluding carboxylic acids is 1. The molecule has 0 radical (unpaired) electrons. The molecule has 2 atom stereocenters. The van der Waals surface area contributed by atoms with E-state index in [1.54, 1.807) is 6.20 Å². The smallest absolute Gasteiger partial charge is 0.254 e. The van der Waals surface area contributed by atoms with Gasteiger partial charge in [0.15, 0.2) is 0 Å². The Morgan fingerprint density at radius 3 is 2.75 bits per heavy atom. The third-order valence-corrected chi connectivity index (χ3v) is 3.81. The predicted molar refractivity (Wildman–Crippen MR) is 82.1 cm³/mol. The number of carbonyl (C=O) groups is 1. The molecule has 0 spiro atoms. The first-order chi connectivity index (χ1) is 8.91. The Morgan fingerprint density at radius 1 is 1.50 bits per heavy atom. The Balaban J connectivity index is 0.00000200. The van der Waals surface area contributed by atoms with E-state index in [0.29, 0.717) is 18.0 Å². The van der Waals surface area contributed by atoms with Gasteiger partial charge < -0.3 is 11.1 Å². The van der Waals surface area contributed by atoms with Crippen molar-refractivity contribution in [2.75, 3.05) is 6.54 Å². The van der Waals surface area contributed by atoms with Gasteiger partial charge in [-0.05, 0) is 46.1 Å². The van der Waals surface area contributed by atoms with Crippen LogP contribution in [0.1, 0.15) is 50.4 Å². The lowest BCUT2D eigenvalue weighted by Gasteiger charge is -2.19. The first-order valence-electron chi connectivity index (χ1n) is 6.98. The molecule has 20 heavy (non-hydrogen) atoms. The van der Waals surface area contributed by atoms with Gasteiger partial charge in [-0.3, -0.25) is 9.48 Å². The van der Waals surface area contributed by atoms with Crippen LogP contribution in [0.25, 0.3) is 0 Å². The molecule has 0 bridgehead atoms. The van der Waals surface area contributed by atoms with Crippen molar-refractivity contribution < 1.29 is 4.79 Å². The minimum Gasteiger partial charge on any atom is -0.349 e. The van der Waals surface area contributed by atoms with E-state index >= 15 is 0 Å². The summed E-state index contributed by atoms with van der Waals surface area (Å²) in [5, 5.41) is 7.34. The van der Waals surface area contributed by atoms with Crippen LogP contribution in [0.3, 0.4) is 0 Å². The van der Waals surface area contributed by atoms with Crippen molar-refractivity contribution in [3.05, 3.63) is 18.0 Å². The van der Waals surface area contributed by atoms with E-state index in [1.165, 1.54) is 0 Å². The van der Waals surface area contributed by atoms with Crippen molar-refractivity contribution in [3.8, 4) is 0 Å². The first-order valence-corrected chi connectivity index (χ1v) is 6.98. The summed E-state index contributed by atoms with van der Waals surface area (Å²) in [6, 6.07) is 0.218. The number of halogens is 1. The quantitative estimate of drug-likeness (QED) is 0.895. The average Bonchev–Trinajstić information content (AvgIpc) is 2.95. The van der Waals surface area contributed by atoms with Gasteiger partial charge in [0.25, 0.3) is 5.91 Å². The van der Waals surface area contributed by atoms with Gasteiger partial charge >= 0.3 is 0 Å². The number of nitrogens with one attached hydrogen (secondary N) is 1. The fourth-order valence-electron chi connectivity index (χ4n) is 2.57. The number of hydrogen-bond acceptors (Lipinski definition) is 3. The summed E-state index contributed by atoms with van der Waals surface area (Å²) in [4.78, 5) is 12.2. The molecule has 0 saturated heterocycles. The summed E-state index contributed by atoms with van der Waals surface area (Å²) in [6.45, 7) is 6.82. The minimum absolute atomic E-state index is 0. The minimum atomic E-state index is -0.105. The number of rotatable bonds is 3. The fraction of sp³-hybridized carbons (Fsp3) is 0.714. The van der Waals surface area contributed by atoms with Gasteiger partial charge in [-0.1, -0.05) is 6.42 Å². The van der Waals surface area contributed by atoms with Gasteiger partial charge in [-0.25, -0.2) is 0 Å². The second-order valence-corrected chi connectivity index (χ2v) is 6.35. The van der Waals surface area contributed by atoms with Crippen LogP contribution in [0, 0.1) is 5.92 Å². The molecule has 114 valence electrons. The molecule has 1 amide bonds. The van der Waals surface area contributed by atoms with Crippen LogP contribution in [0.15, 0.2) is 12.4 Å². The van der Waals surface area contributed by atoms with Crippen molar-refractivity contribution in [1.82, 2.24) is 15.1 Å². The summed E-state index contributed by atoms with van der Waals surface area (Å²) in [7, 11) is 0. The molecule has 1 saturated carbocycles. The molecule has 5 nitrogen and oxygen atoms in total. The zero-order valence-electron chi connectivity index (χ0n) is 12.4. The van der Waals surface area contributed by atoms with E-state index in [0.717, 1.165) is 19.3 Å². The van der Waals surface area contributed by atoms with Crippen LogP contribution < -0.4 is 11.1 Å². The monoisotopic (exact) mass is 300 g/mol. The van der Waals surface area contributed by atoms with Gasteiger partial charge in [0.05, 0.1) is 17.3 Å². The molecule has 2 unspecified atom stereocenters. The number of nitrogens with zero attached hydrogens (tertiary/aromatic N) is 2. The Kier molecular flexibility index (Phi) is 5.59. The molecular formula is C14H25ClN4O. The highest BCUT2D eigenvalue weighted by atomic mass is 35.5. The van der Waals surface area contributed by atoms with Crippen molar-refractivity contribution >= 4 is 18.3 Å². The van der Waals surface area contributed by atoms with Crippen LogP contribution >= 0.6 is 12.4 Å². The maximum Gasteiger partial charge on any atom is 0.254 e. The summed E-state index contributed by atoms with van der Waals surface area (Å²) in [5.41, 5.74) is 6.25. The second kappa shape index (κ2) is 6.59. The van der Waals surface area contributed by atoms with Gasteiger partial charge in [0, 0.05) is 12.2 Å². The Labute approximate surface area is 126 Å². The summed E-state index contributed by atoms with van der Waals surface area (Å²) in [6.07, 6.45) is 6.73. The highest BCUT2D eigenvalue weighted by Crippen LogP contribution is 2.25. The van der Waals surface area contributed by atoms with Crippen LogP contribution in [-0.4, -0.2) is 28.3 Å². The molecule has 1 aromatic heterocycles. The van der Waals surface area contributed by atoms with Gasteiger partial charge in [-0.15, -0.1) is 12.4 Å². The Hall–Kier alpha value is -1.07. The zero-order chi connectivity index (χ0) is 14.0. The zero-order valence-corrected chi connectivity index (χ0v) is 13.2. The van der Waals surface area contributed by atoms with Crippen molar-refractivity contribution in [1.29, 1.82) is 0 Å². The molecule has 1 fully saturated rings. The maximum atomic E-state index is 12.2. The normalized spacial score (nSPS) is 22.4. The number of aromatic nitrogens is 2. The fourth-order valence-corrected chi connectivity index (χ4v) is 2.57. The SMILES string of the molecule is CC(C)(C)n1cc(C(=O)NC2CCCC2CN)cn1.Cl. The van der Waals surface area contributed by atoms with E-state index in [1.807, 2.05) is 10.9 Å². The highest BCUT2D eigenvalue weighted by molar-refractivity contribution is 5.93. The second-order valence-electron chi connectivity index (χ2n) is 6.35. The van der Waals surface area contributed by atoms with Crippen molar-refractivity contribution in [3.63, 3.8) is 0 Å². The maximum absolute atomic E-state index is 12.2. The van der Waals surface area contributed by atoms with E-state index in [2.05, 4.69) is 31.2 Å². The largest absolute Gasteiger partial charge is 0.349 e. The average molecular weight is 301 g/mol. The van der Waals surface area contributed by atoms with Crippen LogP contribution in [0.2, 0.25) is 0 Å². The first kappa shape index (κ1) is 17.0. The van der Waals surface area contributed by atoms with Crippen LogP contribution in [0.4, 0.5) is 0 Å². The molecule has 1 aromatic rings. The molecule has 1 aliphatic rings. The van der Waals surface area contributed by atoms with Gasteiger partial charge in [0.1, 0.15) is 0 Å². The number of nitrogens with two attached hydrogens (primary N) is 1. The van der Waals surface area contributed by atoms with Crippen LogP contribution in [-0.2, 0) is 5.54 Å². The molecule has 2 rings (SSSR count). The molecule has 1 aliphatic carbocycles. The topological polar surface area (TPSA) is 72.9 Å². The molecular weight excluding hydrogens is 276 g/mol. The molecule has 0 aromatic carbocycles.